The molecule has 1 heterocycles. The summed E-state index contributed by atoms with van der Waals surface area (Å²) in [5.41, 5.74) is 10.8. The van der Waals surface area contributed by atoms with Crippen molar-refractivity contribution < 1.29 is 18.9 Å². The maximum atomic E-state index is 8.66. The highest BCUT2D eigenvalue weighted by atomic mass is 16.7. The van der Waals surface area contributed by atoms with Crippen molar-refractivity contribution in [3.8, 4) is 0 Å². The van der Waals surface area contributed by atoms with Crippen LogP contribution < -0.4 is 0 Å². The molecule has 1 saturated heterocycles. The maximum absolute atomic E-state index is 8.66. The predicted molar refractivity (Wildman–Crippen MR) is 99.7 cm³/mol. The number of ether oxygens (including phenoxy) is 4. The Balaban J connectivity index is 1.71. The molecule has 2 aromatic carbocycles. The summed E-state index contributed by atoms with van der Waals surface area (Å²) < 4.78 is 23.5. The molecule has 1 aliphatic rings. The van der Waals surface area contributed by atoms with E-state index in [2.05, 4.69) is 10.0 Å². The summed E-state index contributed by atoms with van der Waals surface area (Å²) in [6.07, 6.45) is -1.87. The van der Waals surface area contributed by atoms with E-state index in [1.54, 1.807) is 7.11 Å². The number of hydrogen-bond acceptors (Lipinski definition) is 5. The van der Waals surface area contributed by atoms with E-state index in [4.69, 9.17) is 24.5 Å². The molecule has 0 bridgehead atoms. The molecular weight excluding hydrogens is 346 g/mol. The quantitative estimate of drug-likeness (QED) is 0.382. The Hall–Kier alpha value is -2.41. The third-order valence-electron chi connectivity index (χ3n) is 4.40. The van der Waals surface area contributed by atoms with Gasteiger partial charge >= 0.3 is 0 Å². The van der Waals surface area contributed by atoms with Gasteiger partial charge in [-0.25, -0.2) is 0 Å². The van der Waals surface area contributed by atoms with Crippen LogP contribution in [0.1, 0.15) is 11.1 Å². The highest BCUT2D eigenvalue weighted by Crippen LogP contribution is 2.29. The summed E-state index contributed by atoms with van der Waals surface area (Å²) >= 11 is 0. The molecule has 2 aromatic rings. The molecule has 0 spiro atoms. The molecular formula is C20H23N3O4. The molecule has 0 N–H and O–H groups in total. The molecule has 0 aliphatic carbocycles. The van der Waals surface area contributed by atoms with Crippen molar-refractivity contribution in [1.82, 2.24) is 0 Å². The monoisotopic (exact) mass is 369 g/mol. The van der Waals surface area contributed by atoms with Crippen LogP contribution in [0.15, 0.2) is 65.8 Å². The van der Waals surface area contributed by atoms with Crippen molar-refractivity contribution in [3.63, 3.8) is 0 Å². The summed E-state index contributed by atoms with van der Waals surface area (Å²) in [5.74, 6) is 0. The van der Waals surface area contributed by atoms with Crippen molar-refractivity contribution in [2.75, 3.05) is 13.7 Å². The third-order valence-corrected chi connectivity index (χ3v) is 4.40. The molecule has 1 fully saturated rings. The van der Waals surface area contributed by atoms with Crippen LogP contribution in [0.5, 0.6) is 0 Å². The zero-order valence-electron chi connectivity index (χ0n) is 15.2. The number of nitrogens with zero attached hydrogens (tertiary/aromatic N) is 3. The minimum Gasteiger partial charge on any atom is -0.368 e. The Morgan fingerprint density at radius 3 is 2.00 bits per heavy atom. The van der Waals surface area contributed by atoms with Gasteiger partial charge in [-0.15, -0.1) is 0 Å². The fourth-order valence-corrected chi connectivity index (χ4v) is 3.06. The maximum Gasteiger partial charge on any atom is 0.186 e. The molecule has 7 heteroatoms. The summed E-state index contributed by atoms with van der Waals surface area (Å²) in [6, 6.07) is 19.7. The minimum atomic E-state index is -0.589. The lowest BCUT2D eigenvalue weighted by Crippen LogP contribution is -2.38. The van der Waals surface area contributed by atoms with E-state index in [0.29, 0.717) is 13.2 Å². The van der Waals surface area contributed by atoms with Gasteiger partial charge in [0.25, 0.3) is 0 Å². The van der Waals surface area contributed by atoms with E-state index in [0.717, 1.165) is 11.1 Å². The highest BCUT2D eigenvalue weighted by molar-refractivity contribution is 5.14. The zero-order valence-corrected chi connectivity index (χ0v) is 15.2. The van der Waals surface area contributed by atoms with Gasteiger partial charge in [-0.2, -0.15) is 0 Å². The average molecular weight is 369 g/mol. The van der Waals surface area contributed by atoms with E-state index in [1.807, 2.05) is 60.7 Å². The number of hydrogen-bond donors (Lipinski definition) is 0. The molecule has 7 nitrogen and oxygen atoms in total. The van der Waals surface area contributed by atoms with Crippen LogP contribution >= 0.6 is 0 Å². The Labute approximate surface area is 158 Å². The molecule has 4 atom stereocenters. The van der Waals surface area contributed by atoms with Crippen LogP contribution in [0.25, 0.3) is 10.4 Å². The smallest absolute Gasteiger partial charge is 0.186 e. The van der Waals surface area contributed by atoms with E-state index in [-0.39, 0.29) is 6.54 Å². The van der Waals surface area contributed by atoms with Crippen molar-refractivity contribution in [1.29, 1.82) is 0 Å². The average Bonchev–Trinajstić information content (AvgIpc) is 3.07. The molecule has 0 saturated carbocycles. The van der Waals surface area contributed by atoms with Gasteiger partial charge in [0, 0.05) is 12.0 Å². The fourth-order valence-electron chi connectivity index (χ4n) is 3.06. The molecule has 0 aromatic heterocycles. The normalized spacial score (nSPS) is 24.5. The van der Waals surface area contributed by atoms with Gasteiger partial charge in [-0.1, -0.05) is 65.8 Å². The van der Waals surface area contributed by atoms with Crippen LogP contribution in [0.3, 0.4) is 0 Å². The Kier molecular flexibility index (Phi) is 7.21. The lowest BCUT2D eigenvalue weighted by Gasteiger charge is -2.24. The van der Waals surface area contributed by atoms with Crippen LogP contribution in [0.2, 0.25) is 0 Å². The van der Waals surface area contributed by atoms with Gasteiger partial charge < -0.3 is 18.9 Å². The van der Waals surface area contributed by atoms with Gasteiger partial charge in [0.2, 0.25) is 0 Å². The van der Waals surface area contributed by atoms with Crippen molar-refractivity contribution in [3.05, 3.63) is 82.2 Å². The van der Waals surface area contributed by atoms with Gasteiger partial charge in [-0.05, 0) is 16.7 Å². The first-order chi connectivity index (χ1) is 13.3. The van der Waals surface area contributed by atoms with Crippen molar-refractivity contribution in [2.24, 2.45) is 5.11 Å². The minimum absolute atomic E-state index is 0.154. The second-order valence-corrected chi connectivity index (χ2v) is 6.21. The van der Waals surface area contributed by atoms with E-state index < -0.39 is 24.6 Å². The van der Waals surface area contributed by atoms with E-state index in [9.17, 15) is 0 Å². The first-order valence-corrected chi connectivity index (χ1v) is 8.82. The SMILES string of the molecule is COC1O[C@H](CN=[N+]=[N-])[C@@H](OCc2ccccc2)[C@H]1OCc1ccccc1. The van der Waals surface area contributed by atoms with E-state index in [1.165, 1.54) is 0 Å². The number of azide groups is 1. The number of methoxy groups -OCH3 is 1. The van der Waals surface area contributed by atoms with E-state index >= 15 is 0 Å². The van der Waals surface area contributed by atoms with Gasteiger partial charge in [0.1, 0.15) is 12.2 Å². The largest absolute Gasteiger partial charge is 0.368 e. The Morgan fingerprint density at radius 1 is 0.926 bits per heavy atom. The lowest BCUT2D eigenvalue weighted by molar-refractivity contribution is -0.166. The summed E-state index contributed by atoms with van der Waals surface area (Å²) in [6.45, 7) is 0.971. The standard InChI is InChI=1S/C20H23N3O4/c1-24-20-19(26-14-16-10-6-3-7-11-16)18(17(27-20)12-22-23-21)25-13-15-8-4-2-5-9-15/h2-11,17-20H,12-14H2,1H3/t17-,18-,19-,20?/m1/s1. The van der Waals surface area contributed by atoms with Crippen LogP contribution in [0, 0.1) is 0 Å². The molecule has 1 unspecified atom stereocenters. The second-order valence-electron chi connectivity index (χ2n) is 6.21. The number of benzene rings is 2. The Bertz CT molecular complexity index is 737. The zero-order chi connectivity index (χ0) is 18.9. The van der Waals surface area contributed by atoms with Gasteiger partial charge in [0.15, 0.2) is 6.29 Å². The highest BCUT2D eigenvalue weighted by Gasteiger charge is 2.46. The van der Waals surface area contributed by atoms with Gasteiger partial charge in [0.05, 0.1) is 25.9 Å². The van der Waals surface area contributed by atoms with Crippen LogP contribution in [0.4, 0.5) is 0 Å². The molecule has 0 amide bonds. The predicted octanol–water partition coefficient (Wildman–Crippen LogP) is 3.84. The Morgan fingerprint density at radius 2 is 1.48 bits per heavy atom. The number of rotatable bonds is 9. The first kappa shape index (κ1) is 19.4. The topological polar surface area (TPSA) is 85.7 Å². The summed E-state index contributed by atoms with van der Waals surface area (Å²) in [4.78, 5) is 2.83. The second kappa shape index (κ2) is 10.1. The molecule has 27 heavy (non-hydrogen) atoms. The first-order valence-electron chi connectivity index (χ1n) is 8.82. The fraction of sp³-hybridized carbons (Fsp3) is 0.400. The van der Waals surface area contributed by atoms with Crippen molar-refractivity contribution >= 4 is 0 Å². The molecule has 3 rings (SSSR count). The summed E-state index contributed by atoms with van der Waals surface area (Å²) in [5, 5.41) is 3.64. The van der Waals surface area contributed by atoms with Crippen LogP contribution in [-0.4, -0.2) is 38.3 Å². The molecule has 1 aliphatic heterocycles. The van der Waals surface area contributed by atoms with Crippen molar-refractivity contribution in [2.45, 2.75) is 37.8 Å². The molecule has 142 valence electrons. The third kappa shape index (κ3) is 5.29. The van der Waals surface area contributed by atoms with Gasteiger partial charge in [-0.3, -0.25) is 0 Å². The lowest BCUT2D eigenvalue weighted by atomic mass is 10.1. The summed E-state index contributed by atoms with van der Waals surface area (Å²) in [7, 11) is 1.56. The van der Waals surface area contributed by atoms with Crippen LogP contribution in [-0.2, 0) is 32.2 Å². The molecule has 0 radical (unpaired) electrons.